The SMILES string of the molecule is CN(C)C(=O)CN1CCCN(Cc2ccc(CN3CCCN(CC(=O)N(C)C)CC3)cc2)CC1. The Morgan fingerprint density at radius 2 is 0.912 bits per heavy atom. The van der Waals surface area contributed by atoms with Crippen LogP contribution >= 0.6 is 0 Å². The molecule has 0 spiro atoms. The number of carbonyl (C=O) groups excluding carboxylic acids is 2. The summed E-state index contributed by atoms with van der Waals surface area (Å²) in [5, 5.41) is 0. The first-order valence-electron chi connectivity index (χ1n) is 12.7. The van der Waals surface area contributed by atoms with Crippen molar-refractivity contribution >= 4 is 11.8 Å². The summed E-state index contributed by atoms with van der Waals surface area (Å²) in [7, 11) is 7.30. The van der Waals surface area contributed by atoms with E-state index in [0.29, 0.717) is 13.1 Å². The second-order valence-electron chi connectivity index (χ2n) is 10.2. The van der Waals surface area contributed by atoms with Gasteiger partial charge in [-0.05, 0) is 50.1 Å². The average molecular weight is 473 g/mol. The van der Waals surface area contributed by atoms with Crippen LogP contribution in [0.5, 0.6) is 0 Å². The monoisotopic (exact) mass is 472 g/mol. The van der Waals surface area contributed by atoms with Crippen molar-refractivity contribution in [2.24, 2.45) is 0 Å². The van der Waals surface area contributed by atoms with Gasteiger partial charge in [0, 0.05) is 67.5 Å². The molecule has 2 amide bonds. The molecule has 0 aromatic heterocycles. The number of rotatable bonds is 8. The van der Waals surface area contributed by atoms with Gasteiger partial charge in [0.25, 0.3) is 0 Å². The number of hydrogen-bond acceptors (Lipinski definition) is 6. The van der Waals surface area contributed by atoms with Crippen LogP contribution < -0.4 is 0 Å². The van der Waals surface area contributed by atoms with E-state index in [1.54, 1.807) is 9.80 Å². The molecule has 0 saturated carbocycles. The highest BCUT2D eigenvalue weighted by atomic mass is 16.2. The molecule has 8 heteroatoms. The summed E-state index contributed by atoms with van der Waals surface area (Å²) in [5.74, 6) is 0.367. The molecule has 0 atom stereocenters. The molecule has 2 heterocycles. The number of benzene rings is 1. The lowest BCUT2D eigenvalue weighted by Crippen LogP contribution is -2.38. The minimum atomic E-state index is 0.184. The zero-order valence-corrected chi connectivity index (χ0v) is 21.7. The van der Waals surface area contributed by atoms with Crippen LogP contribution in [-0.4, -0.2) is 135 Å². The largest absolute Gasteiger partial charge is 0.348 e. The van der Waals surface area contributed by atoms with Crippen LogP contribution in [-0.2, 0) is 22.7 Å². The summed E-state index contributed by atoms with van der Waals surface area (Å²) >= 11 is 0. The summed E-state index contributed by atoms with van der Waals surface area (Å²) < 4.78 is 0. The molecule has 2 fully saturated rings. The Morgan fingerprint density at radius 3 is 1.26 bits per heavy atom. The maximum Gasteiger partial charge on any atom is 0.236 e. The first kappa shape index (κ1) is 26.6. The zero-order chi connectivity index (χ0) is 24.5. The lowest BCUT2D eigenvalue weighted by Gasteiger charge is -2.23. The van der Waals surface area contributed by atoms with E-state index >= 15 is 0 Å². The molecule has 0 radical (unpaired) electrons. The van der Waals surface area contributed by atoms with Crippen LogP contribution in [0.4, 0.5) is 0 Å². The third kappa shape index (κ3) is 8.65. The lowest BCUT2D eigenvalue weighted by atomic mass is 10.1. The molecule has 2 aliphatic rings. The van der Waals surface area contributed by atoms with Crippen LogP contribution in [0.15, 0.2) is 24.3 Å². The van der Waals surface area contributed by atoms with Crippen molar-refractivity contribution in [3.8, 4) is 0 Å². The normalized spacial score (nSPS) is 19.4. The van der Waals surface area contributed by atoms with Gasteiger partial charge in [-0.3, -0.25) is 29.2 Å². The van der Waals surface area contributed by atoms with E-state index in [2.05, 4.69) is 43.9 Å². The van der Waals surface area contributed by atoms with Gasteiger partial charge in [-0.25, -0.2) is 0 Å². The maximum absolute atomic E-state index is 12.0. The fourth-order valence-electron chi connectivity index (χ4n) is 4.61. The second-order valence-corrected chi connectivity index (χ2v) is 10.2. The van der Waals surface area contributed by atoms with Gasteiger partial charge in [0.05, 0.1) is 13.1 Å². The van der Waals surface area contributed by atoms with E-state index in [4.69, 9.17) is 0 Å². The Hall–Kier alpha value is -2.00. The molecule has 1 aromatic rings. The molecule has 1 aromatic carbocycles. The summed E-state index contributed by atoms with van der Waals surface area (Å²) in [6, 6.07) is 9.09. The molecular formula is C26H44N6O2. The summed E-state index contributed by atoms with van der Waals surface area (Å²) in [6.45, 7) is 11.0. The minimum Gasteiger partial charge on any atom is -0.348 e. The van der Waals surface area contributed by atoms with E-state index < -0.39 is 0 Å². The van der Waals surface area contributed by atoms with Gasteiger partial charge in [0.15, 0.2) is 0 Å². The number of amides is 2. The van der Waals surface area contributed by atoms with Gasteiger partial charge in [-0.2, -0.15) is 0 Å². The molecule has 0 bridgehead atoms. The fourth-order valence-corrected chi connectivity index (χ4v) is 4.61. The van der Waals surface area contributed by atoms with Crippen molar-refractivity contribution < 1.29 is 9.59 Å². The molecule has 0 aliphatic carbocycles. The van der Waals surface area contributed by atoms with Crippen molar-refractivity contribution in [2.45, 2.75) is 25.9 Å². The first-order valence-corrected chi connectivity index (χ1v) is 12.7. The number of nitrogens with zero attached hydrogens (tertiary/aromatic N) is 6. The van der Waals surface area contributed by atoms with Crippen molar-refractivity contribution in [1.82, 2.24) is 29.4 Å². The molecule has 2 aliphatic heterocycles. The van der Waals surface area contributed by atoms with Gasteiger partial charge in [0.2, 0.25) is 11.8 Å². The molecular weight excluding hydrogens is 428 g/mol. The molecule has 0 unspecified atom stereocenters. The predicted octanol–water partition coefficient (Wildman–Crippen LogP) is 0.878. The molecule has 2 saturated heterocycles. The summed E-state index contributed by atoms with van der Waals surface area (Å²) in [6.07, 6.45) is 2.20. The van der Waals surface area contributed by atoms with Crippen molar-refractivity contribution in [3.05, 3.63) is 35.4 Å². The fraction of sp³-hybridized carbons (Fsp3) is 0.692. The standard InChI is InChI=1S/C26H44N6O2/c1-27(2)25(33)21-31-13-5-11-29(15-17-31)19-23-7-9-24(10-8-23)20-30-12-6-14-32(18-16-30)22-26(34)28(3)4/h7-10H,5-6,11-22H2,1-4H3. The average Bonchev–Trinajstić information content (AvgIpc) is 3.15. The number of carbonyl (C=O) groups is 2. The van der Waals surface area contributed by atoms with Crippen LogP contribution in [0.25, 0.3) is 0 Å². The van der Waals surface area contributed by atoms with E-state index in [-0.39, 0.29) is 11.8 Å². The molecule has 0 N–H and O–H groups in total. The first-order chi connectivity index (χ1) is 16.3. The van der Waals surface area contributed by atoms with Crippen molar-refractivity contribution in [1.29, 1.82) is 0 Å². The van der Waals surface area contributed by atoms with Gasteiger partial charge < -0.3 is 9.80 Å². The Kier molecular flexibility index (Phi) is 10.3. The maximum atomic E-state index is 12.0. The zero-order valence-electron chi connectivity index (χ0n) is 21.7. The second kappa shape index (κ2) is 13.2. The Labute approximate surface area is 206 Å². The molecule has 3 rings (SSSR count). The Balaban J connectivity index is 1.43. The lowest BCUT2D eigenvalue weighted by molar-refractivity contribution is -0.130. The molecule has 34 heavy (non-hydrogen) atoms. The predicted molar refractivity (Wildman–Crippen MR) is 136 cm³/mol. The minimum absolute atomic E-state index is 0.184. The van der Waals surface area contributed by atoms with Gasteiger partial charge in [-0.1, -0.05) is 24.3 Å². The van der Waals surface area contributed by atoms with Crippen LogP contribution in [0.2, 0.25) is 0 Å². The summed E-state index contributed by atoms with van der Waals surface area (Å²) in [4.78, 5) is 37.0. The van der Waals surface area contributed by atoms with Gasteiger partial charge in [0.1, 0.15) is 0 Å². The molecule has 8 nitrogen and oxygen atoms in total. The van der Waals surface area contributed by atoms with Crippen molar-refractivity contribution in [3.63, 3.8) is 0 Å². The smallest absolute Gasteiger partial charge is 0.236 e. The third-order valence-electron chi connectivity index (χ3n) is 6.91. The van der Waals surface area contributed by atoms with E-state index in [1.807, 2.05) is 28.2 Å². The van der Waals surface area contributed by atoms with Crippen LogP contribution in [0.1, 0.15) is 24.0 Å². The highest BCUT2D eigenvalue weighted by Crippen LogP contribution is 2.13. The Bertz CT molecular complexity index is 717. The third-order valence-corrected chi connectivity index (χ3v) is 6.91. The van der Waals surface area contributed by atoms with E-state index in [1.165, 1.54) is 11.1 Å². The molecule has 190 valence electrons. The highest BCUT2D eigenvalue weighted by molar-refractivity contribution is 5.78. The summed E-state index contributed by atoms with van der Waals surface area (Å²) in [5.41, 5.74) is 2.71. The van der Waals surface area contributed by atoms with E-state index in [9.17, 15) is 9.59 Å². The van der Waals surface area contributed by atoms with Gasteiger partial charge >= 0.3 is 0 Å². The number of likely N-dealkylation sites (N-methyl/N-ethyl adjacent to an activating group) is 2. The number of hydrogen-bond donors (Lipinski definition) is 0. The van der Waals surface area contributed by atoms with Crippen LogP contribution in [0, 0.1) is 0 Å². The van der Waals surface area contributed by atoms with Crippen LogP contribution in [0.3, 0.4) is 0 Å². The topological polar surface area (TPSA) is 53.6 Å². The Morgan fingerprint density at radius 1 is 0.588 bits per heavy atom. The highest BCUT2D eigenvalue weighted by Gasteiger charge is 2.19. The van der Waals surface area contributed by atoms with Crippen molar-refractivity contribution in [2.75, 3.05) is 93.6 Å². The quantitative estimate of drug-likeness (QED) is 0.560. The van der Waals surface area contributed by atoms with Gasteiger partial charge in [-0.15, -0.1) is 0 Å². The van der Waals surface area contributed by atoms with E-state index in [0.717, 1.165) is 78.3 Å².